The van der Waals surface area contributed by atoms with Gasteiger partial charge in [0.15, 0.2) is 0 Å². The quantitative estimate of drug-likeness (QED) is 0.393. The van der Waals surface area contributed by atoms with Crippen LogP contribution in [0.1, 0.15) is 0 Å². The summed E-state index contributed by atoms with van der Waals surface area (Å²) in [5, 5.41) is 13.2. The Hall–Kier alpha value is -3.52. The number of fused-ring (bicyclic) bond motifs is 3. The van der Waals surface area contributed by atoms with Gasteiger partial charge in [0.05, 0.1) is 0 Å². The summed E-state index contributed by atoms with van der Waals surface area (Å²) < 4.78 is 6.12. The van der Waals surface area contributed by atoms with Crippen LogP contribution in [0.4, 0.5) is 0 Å². The smallest absolute Gasteiger partial charge is 0.136 e. The molecular formula is C24H16O2. The Kier molecular flexibility index (Phi) is 3.29. The van der Waals surface area contributed by atoms with E-state index in [9.17, 15) is 5.11 Å². The molecule has 26 heavy (non-hydrogen) atoms. The van der Waals surface area contributed by atoms with E-state index >= 15 is 0 Å². The maximum Gasteiger partial charge on any atom is 0.136 e. The molecule has 4 aromatic carbocycles. The Labute approximate surface area is 150 Å². The molecule has 1 heterocycles. The zero-order chi connectivity index (χ0) is 17.5. The normalized spacial score (nSPS) is 11.2. The molecule has 0 radical (unpaired) electrons. The molecule has 0 saturated heterocycles. The summed E-state index contributed by atoms with van der Waals surface area (Å²) in [6.45, 7) is 0. The minimum Gasteiger partial charge on any atom is -0.507 e. The second-order valence-electron chi connectivity index (χ2n) is 6.35. The van der Waals surface area contributed by atoms with Crippen molar-refractivity contribution in [3.05, 3.63) is 91.0 Å². The Morgan fingerprint density at radius 1 is 0.615 bits per heavy atom. The molecule has 2 heteroatoms. The molecule has 0 aliphatic carbocycles. The van der Waals surface area contributed by atoms with E-state index in [1.807, 2.05) is 91.0 Å². The number of benzene rings is 4. The molecule has 1 aromatic heterocycles. The molecule has 0 amide bonds. The molecule has 0 fully saturated rings. The average molecular weight is 336 g/mol. The topological polar surface area (TPSA) is 33.4 Å². The van der Waals surface area contributed by atoms with Crippen molar-refractivity contribution in [3.8, 4) is 28.0 Å². The van der Waals surface area contributed by atoms with Crippen LogP contribution in [0.15, 0.2) is 95.4 Å². The number of furan rings is 1. The van der Waals surface area contributed by atoms with Crippen LogP contribution in [0.3, 0.4) is 0 Å². The van der Waals surface area contributed by atoms with E-state index in [4.69, 9.17) is 4.42 Å². The molecule has 0 spiro atoms. The van der Waals surface area contributed by atoms with Crippen LogP contribution >= 0.6 is 0 Å². The van der Waals surface area contributed by atoms with E-state index in [2.05, 4.69) is 0 Å². The lowest BCUT2D eigenvalue weighted by molar-refractivity contribution is 0.480. The first-order chi connectivity index (χ1) is 12.8. The zero-order valence-electron chi connectivity index (χ0n) is 14.0. The van der Waals surface area contributed by atoms with Gasteiger partial charge in [0.1, 0.15) is 16.9 Å². The van der Waals surface area contributed by atoms with Crippen LogP contribution in [0.2, 0.25) is 0 Å². The Morgan fingerprint density at radius 2 is 1.23 bits per heavy atom. The van der Waals surface area contributed by atoms with Crippen LogP contribution < -0.4 is 0 Å². The second-order valence-corrected chi connectivity index (χ2v) is 6.35. The average Bonchev–Trinajstić information content (AvgIpc) is 3.07. The second kappa shape index (κ2) is 5.78. The van der Waals surface area contributed by atoms with Gasteiger partial charge in [-0.25, -0.2) is 0 Å². The number of phenols is 1. The standard InChI is InChI=1S/C24H16O2/c25-24-19(16-9-3-1-4-10-16)15-21-23(18-13-7-8-14-20(18)26-21)22(24)17-11-5-2-6-12-17/h1-15,25H. The number of phenolic OH excluding ortho intramolecular Hbond substituents is 1. The van der Waals surface area contributed by atoms with Gasteiger partial charge >= 0.3 is 0 Å². The summed E-state index contributed by atoms with van der Waals surface area (Å²) in [5.74, 6) is 0.279. The van der Waals surface area contributed by atoms with Crippen LogP contribution in [0.25, 0.3) is 44.2 Å². The molecule has 0 bridgehead atoms. The molecule has 5 aromatic rings. The Balaban J connectivity index is 1.96. The van der Waals surface area contributed by atoms with Crippen LogP contribution in [-0.2, 0) is 0 Å². The highest BCUT2D eigenvalue weighted by Crippen LogP contribution is 2.46. The molecule has 0 aliphatic heterocycles. The van der Waals surface area contributed by atoms with E-state index < -0.39 is 0 Å². The Morgan fingerprint density at radius 3 is 1.96 bits per heavy atom. The van der Waals surface area contributed by atoms with Crippen molar-refractivity contribution in [1.82, 2.24) is 0 Å². The number of rotatable bonds is 2. The van der Waals surface area contributed by atoms with Gasteiger partial charge in [-0.1, -0.05) is 78.9 Å². The fraction of sp³-hybridized carbons (Fsp3) is 0. The van der Waals surface area contributed by atoms with Crippen LogP contribution in [0, 0.1) is 0 Å². The lowest BCUT2D eigenvalue weighted by atomic mass is 9.93. The van der Waals surface area contributed by atoms with Crippen molar-refractivity contribution >= 4 is 21.9 Å². The van der Waals surface area contributed by atoms with Crippen molar-refractivity contribution in [2.45, 2.75) is 0 Å². The highest BCUT2D eigenvalue weighted by Gasteiger charge is 2.20. The van der Waals surface area contributed by atoms with Gasteiger partial charge in [-0.15, -0.1) is 0 Å². The van der Waals surface area contributed by atoms with Gasteiger partial charge in [0, 0.05) is 21.9 Å². The van der Waals surface area contributed by atoms with Crippen molar-refractivity contribution in [2.24, 2.45) is 0 Å². The van der Waals surface area contributed by atoms with Gasteiger partial charge < -0.3 is 9.52 Å². The summed E-state index contributed by atoms with van der Waals surface area (Å²) >= 11 is 0. The van der Waals surface area contributed by atoms with Crippen molar-refractivity contribution < 1.29 is 9.52 Å². The number of hydrogen-bond acceptors (Lipinski definition) is 2. The predicted octanol–water partition coefficient (Wildman–Crippen LogP) is 6.63. The van der Waals surface area contributed by atoms with Gasteiger partial charge in [0.25, 0.3) is 0 Å². The number of para-hydroxylation sites is 1. The summed E-state index contributed by atoms with van der Waals surface area (Å²) in [4.78, 5) is 0. The van der Waals surface area contributed by atoms with E-state index in [1.54, 1.807) is 0 Å². The summed E-state index contributed by atoms with van der Waals surface area (Å²) in [7, 11) is 0. The molecule has 2 nitrogen and oxygen atoms in total. The fourth-order valence-corrected chi connectivity index (χ4v) is 3.60. The summed E-state index contributed by atoms with van der Waals surface area (Å²) in [6.07, 6.45) is 0. The monoisotopic (exact) mass is 336 g/mol. The highest BCUT2D eigenvalue weighted by atomic mass is 16.3. The third kappa shape index (κ3) is 2.20. The van der Waals surface area contributed by atoms with Crippen molar-refractivity contribution in [2.75, 3.05) is 0 Å². The Bertz CT molecular complexity index is 1220. The van der Waals surface area contributed by atoms with Gasteiger partial charge in [-0.05, 0) is 23.3 Å². The van der Waals surface area contributed by atoms with E-state index in [1.165, 1.54) is 0 Å². The van der Waals surface area contributed by atoms with Crippen molar-refractivity contribution in [1.29, 1.82) is 0 Å². The SMILES string of the molecule is Oc1c(-c2ccccc2)cc2oc3ccccc3c2c1-c1ccccc1. The molecule has 0 atom stereocenters. The van der Waals surface area contributed by atoms with E-state index in [0.29, 0.717) is 0 Å². The van der Waals surface area contributed by atoms with Crippen LogP contribution in [0.5, 0.6) is 5.75 Å². The van der Waals surface area contributed by atoms with E-state index in [0.717, 1.165) is 44.2 Å². The summed E-state index contributed by atoms with van der Waals surface area (Å²) in [6, 6.07) is 29.8. The molecule has 124 valence electrons. The first-order valence-corrected chi connectivity index (χ1v) is 8.61. The third-order valence-electron chi connectivity index (χ3n) is 4.79. The van der Waals surface area contributed by atoms with Gasteiger partial charge in [-0.2, -0.15) is 0 Å². The first kappa shape index (κ1) is 14.8. The predicted molar refractivity (Wildman–Crippen MR) is 106 cm³/mol. The fourth-order valence-electron chi connectivity index (χ4n) is 3.60. The van der Waals surface area contributed by atoms with Crippen molar-refractivity contribution in [3.63, 3.8) is 0 Å². The summed E-state index contributed by atoms with van der Waals surface area (Å²) in [5.41, 5.74) is 5.12. The maximum absolute atomic E-state index is 11.2. The third-order valence-corrected chi connectivity index (χ3v) is 4.79. The molecule has 0 aliphatic rings. The minimum absolute atomic E-state index is 0.279. The van der Waals surface area contributed by atoms with Gasteiger partial charge in [0.2, 0.25) is 0 Å². The lowest BCUT2D eigenvalue weighted by Gasteiger charge is -2.12. The molecular weight excluding hydrogens is 320 g/mol. The molecule has 1 N–H and O–H groups in total. The molecule has 0 saturated carbocycles. The highest BCUT2D eigenvalue weighted by molar-refractivity contribution is 6.15. The zero-order valence-corrected chi connectivity index (χ0v) is 14.0. The lowest BCUT2D eigenvalue weighted by Crippen LogP contribution is -1.86. The molecule has 5 rings (SSSR count). The first-order valence-electron chi connectivity index (χ1n) is 8.61. The largest absolute Gasteiger partial charge is 0.507 e. The number of aromatic hydroxyl groups is 1. The van der Waals surface area contributed by atoms with Gasteiger partial charge in [-0.3, -0.25) is 0 Å². The maximum atomic E-state index is 11.2. The van der Waals surface area contributed by atoms with E-state index in [-0.39, 0.29) is 5.75 Å². The van der Waals surface area contributed by atoms with Crippen LogP contribution in [-0.4, -0.2) is 5.11 Å². The minimum atomic E-state index is 0.279. The number of hydrogen-bond donors (Lipinski definition) is 1. The molecule has 0 unspecified atom stereocenters.